The SMILES string of the molecule is CC(C1CCCO1)n1c(CCl)nc2cc(Br)cnc21. The minimum atomic E-state index is 0.204. The fourth-order valence-corrected chi connectivity index (χ4v) is 3.18. The van der Waals surface area contributed by atoms with Crippen LogP contribution in [0, 0.1) is 0 Å². The normalized spacial score (nSPS) is 21.1. The van der Waals surface area contributed by atoms with Gasteiger partial charge in [0.15, 0.2) is 5.65 Å². The van der Waals surface area contributed by atoms with Crippen LogP contribution in [0.25, 0.3) is 11.2 Å². The van der Waals surface area contributed by atoms with Crippen LogP contribution in [-0.2, 0) is 10.6 Å². The summed E-state index contributed by atoms with van der Waals surface area (Å²) in [7, 11) is 0. The van der Waals surface area contributed by atoms with Crippen molar-refractivity contribution >= 4 is 38.7 Å². The van der Waals surface area contributed by atoms with E-state index >= 15 is 0 Å². The van der Waals surface area contributed by atoms with Gasteiger partial charge in [0, 0.05) is 17.3 Å². The Morgan fingerprint density at radius 1 is 1.63 bits per heavy atom. The summed E-state index contributed by atoms with van der Waals surface area (Å²) in [6.45, 7) is 2.99. The second kappa shape index (κ2) is 5.38. The fourth-order valence-electron chi connectivity index (χ4n) is 2.68. The second-order valence-electron chi connectivity index (χ2n) is 4.82. The van der Waals surface area contributed by atoms with E-state index in [1.807, 2.05) is 6.07 Å². The van der Waals surface area contributed by atoms with E-state index in [4.69, 9.17) is 16.3 Å². The first-order valence-corrected chi connectivity index (χ1v) is 7.73. The van der Waals surface area contributed by atoms with Crippen molar-refractivity contribution in [2.75, 3.05) is 6.61 Å². The molecule has 19 heavy (non-hydrogen) atoms. The second-order valence-corrected chi connectivity index (χ2v) is 6.00. The maximum Gasteiger partial charge on any atom is 0.160 e. The number of rotatable bonds is 3. The van der Waals surface area contributed by atoms with Crippen LogP contribution >= 0.6 is 27.5 Å². The van der Waals surface area contributed by atoms with Crippen LogP contribution in [0.15, 0.2) is 16.7 Å². The number of nitrogens with zero attached hydrogens (tertiary/aromatic N) is 3. The number of imidazole rings is 1. The molecular formula is C13H15BrClN3O. The Labute approximate surface area is 125 Å². The Bertz CT molecular complexity index is 595. The van der Waals surface area contributed by atoms with Crippen molar-refractivity contribution in [3.05, 3.63) is 22.6 Å². The minimum Gasteiger partial charge on any atom is -0.376 e. The number of alkyl halides is 1. The molecule has 0 aliphatic carbocycles. The van der Waals surface area contributed by atoms with Gasteiger partial charge in [0.05, 0.1) is 18.0 Å². The molecule has 0 spiro atoms. The third-order valence-corrected chi connectivity index (χ3v) is 4.27. The Hall–Kier alpha value is -0.650. The van der Waals surface area contributed by atoms with Gasteiger partial charge < -0.3 is 9.30 Å². The molecule has 2 unspecified atom stereocenters. The molecule has 6 heteroatoms. The van der Waals surface area contributed by atoms with Crippen LogP contribution in [0.3, 0.4) is 0 Å². The minimum absolute atomic E-state index is 0.204. The predicted octanol–water partition coefficient (Wildman–Crippen LogP) is 3.67. The van der Waals surface area contributed by atoms with Crippen LogP contribution in [-0.4, -0.2) is 27.2 Å². The average Bonchev–Trinajstić information content (AvgIpc) is 3.04. The lowest BCUT2D eigenvalue weighted by molar-refractivity contribution is 0.0736. The van der Waals surface area contributed by atoms with E-state index in [-0.39, 0.29) is 12.1 Å². The Morgan fingerprint density at radius 2 is 2.47 bits per heavy atom. The maximum atomic E-state index is 6.03. The third kappa shape index (κ3) is 2.39. The van der Waals surface area contributed by atoms with E-state index < -0.39 is 0 Å². The predicted molar refractivity (Wildman–Crippen MR) is 78.5 cm³/mol. The third-order valence-electron chi connectivity index (χ3n) is 3.60. The largest absolute Gasteiger partial charge is 0.376 e. The molecule has 2 atom stereocenters. The summed E-state index contributed by atoms with van der Waals surface area (Å²) in [5, 5.41) is 0. The highest BCUT2D eigenvalue weighted by Crippen LogP contribution is 2.29. The van der Waals surface area contributed by atoms with E-state index in [0.29, 0.717) is 5.88 Å². The lowest BCUT2D eigenvalue weighted by Gasteiger charge is -2.22. The summed E-state index contributed by atoms with van der Waals surface area (Å²) < 4.78 is 8.82. The number of hydrogen-bond acceptors (Lipinski definition) is 3. The van der Waals surface area contributed by atoms with Gasteiger partial charge in [-0.1, -0.05) is 0 Å². The van der Waals surface area contributed by atoms with Gasteiger partial charge in [0.1, 0.15) is 11.3 Å². The molecule has 0 saturated carbocycles. The molecule has 0 aromatic carbocycles. The first-order chi connectivity index (χ1) is 9.20. The lowest BCUT2D eigenvalue weighted by atomic mass is 10.1. The molecule has 0 amide bonds. The number of fused-ring (bicyclic) bond motifs is 1. The van der Waals surface area contributed by atoms with Crippen molar-refractivity contribution < 1.29 is 4.74 Å². The zero-order valence-corrected chi connectivity index (χ0v) is 13.0. The van der Waals surface area contributed by atoms with Crippen LogP contribution in [0.5, 0.6) is 0 Å². The zero-order valence-electron chi connectivity index (χ0n) is 10.6. The Balaban J connectivity index is 2.09. The number of pyridine rings is 1. The van der Waals surface area contributed by atoms with Gasteiger partial charge in [-0.15, -0.1) is 11.6 Å². The molecule has 1 fully saturated rings. The van der Waals surface area contributed by atoms with Gasteiger partial charge >= 0.3 is 0 Å². The molecule has 3 rings (SSSR count). The van der Waals surface area contributed by atoms with Crippen LogP contribution in [0.2, 0.25) is 0 Å². The number of hydrogen-bond donors (Lipinski definition) is 0. The Kier molecular flexibility index (Phi) is 3.78. The van der Waals surface area contributed by atoms with Gasteiger partial charge in [0.25, 0.3) is 0 Å². The van der Waals surface area contributed by atoms with Crippen LogP contribution in [0.4, 0.5) is 0 Å². The average molecular weight is 345 g/mol. The van der Waals surface area contributed by atoms with Gasteiger partial charge in [-0.05, 0) is 41.8 Å². The molecular weight excluding hydrogens is 330 g/mol. The molecule has 2 aromatic heterocycles. The Morgan fingerprint density at radius 3 is 3.16 bits per heavy atom. The fraction of sp³-hybridized carbons (Fsp3) is 0.538. The molecule has 3 heterocycles. The highest BCUT2D eigenvalue weighted by atomic mass is 79.9. The molecule has 4 nitrogen and oxygen atoms in total. The summed E-state index contributed by atoms with van der Waals surface area (Å²) in [4.78, 5) is 9.05. The molecule has 0 radical (unpaired) electrons. The molecule has 1 saturated heterocycles. The van der Waals surface area contributed by atoms with E-state index in [2.05, 4.69) is 37.4 Å². The van der Waals surface area contributed by atoms with Gasteiger partial charge in [-0.3, -0.25) is 0 Å². The summed E-state index contributed by atoms with van der Waals surface area (Å²) in [6, 6.07) is 2.17. The molecule has 0 N–H and O–H groups in total. The van der Waals surface area contributed by atoms with Gasteiger partial charge in [-0.25, -0.2) is 9.97 Å². The monoisotopic (exact) mass is 343 g/mol. The van der Waals surface area contributed by atoms with Crippen molar-refractivity contribution in [1.29, 1.82) is 0 Å². The van der Waals surface area contributed by atoms with E-state index in [1.165, 1.54) is 0 Å². The van der Waals surface area contributed by atoms with Crippen LogP contribution in [0.1, 0.15) is 31.6 Å². The molecule has 0 bridgehead atoms. The van der Waals surface area contributed by atoms with E-state index in [9.17, 15) is 0 Å². The van der Waals surface area contributed by atoms with E-state index in [0.717, 1.165) is 40.9 Å². The number of halogens is 2. The number of ether oxygens (including phenoxy) is 1. The highest BCUT2D eigenvalue weighted by Gasteiger charge is 2.27. The van der Waals surface area contributed by atoms with Crippen molar-refractivity contribution in [3.8, 4) is 0 Å². The van der Waals surface area contributed by atoms with Crippen molar-refractivity contribution in [2.45, 2.75) is 37.8 Å². The molecule has 102 valence electrons. The van der Waals surface area contributed by atoms with Gasteiger partial charge in [0.2, 0.25) is 0 Å². The van der Waals surface area contributed by atoms with E-state index in [1.54, 1.807) is 6.20 Å². The standard InChI is InChI=1S/C13H15BrClN3O/c1-8(11-3-2-4-19-11)18-12(6-15)17-10-5-9(14)7-16-13(10)18/h5,7-8,11H,2-4,6H2,1H3. The van der Waals surface area contributed by atoms with Gasteiger partial charge in [-0.2, -0.15) is 0 Å². The summed E-state index contributed by atoms with van der Waals surface area (Å²) >= 11 is 9.45. The topological polar surface area (TPSA) is 39.9 Å². The highest BCUT2D eigenvalue weighted by molar-refractivity contribution is 9.10. The molecule has 2 aromatic rings. The van der Waals surface area contributed by atoms with Crippen LogP contribution < -0.4 is 0 Å². The first kappa shape index (κ1) is 13.3. The lowest BCUT2D eigenvalue weighted by Crippen LogP contribution is -2.22. The van der Waals surface area contributed by atoms with Crippen molar-refractivity contribution in [1.82, 2.24) is 14.5 Å². The summed E-state index contributed by atoms with van der Waals surface area (Å²) in [5.41, 5.74) is 1.75. The zero-order chi connectivity index (χ0) is 13.4. The molecule has 1 aliphatic heterocycles. The summed E-state index contributed by atoms with van der Waals surface area (Å²) in [6.07, 6.45) is 4.22. The number of aromatic nitrogens is 3. The van der Waals surface area contributed by atoms with Crippen molar-refractivity contribution in [2.24, 2.45) is 0 Å². The maximum absolute atomic E-state index is 6.03. The quantitative estimate of drug-likeness (QED) is 0.798. The molecule has 1 aliphatic rings. The summed E-state index contributed by atoms with van der Waals surface area (Å²) in [5.74, 6) is 1.23. The first-order valence-electron chi connectivity index (χ1n) is 6.40. The smallest absolute Gasteiger partial charge is 0.160 e. The van der Waals surface area contributed by atoms with Crippen molar-refractivity contribution in [3.63, 3.8) is 0 Å².